The Kier molecular flexibility index (Phi) is 5.01. The summed E-state index contributed by atoms with van der Waals surface area (Å²) in [4.78, 5) is 1.19. The highest BCUT2D eigenvalue weighted by Gasteiger charge is 2.02. The maximum absolute atomic E-state index is 8.67. The molecule has 1 atom stereocenters. The summed E-state index contributed by atoms with van der Waals surface area (Å²) in [6, 6.07) is 8.39. The van der Waals surface area contributed by atoms with Gasteiger partial charge in [0.1, 0.15) is 0 Å². The Balaban J connectivity index is 2.59. The van der Waals surface area contributed by atoms with Crippen molar-refractivity contribution in [2.45, 2.75) is 24.3 Å². The number of thioether (sulfide) groups is 1. The number of aliphatic hydroxyl groups excluding tert-OH is 1. The maximum atomic E-state index is 8.67. The molecule has 3 heteroatoms. The molecule has 14 heavy (non-hydrogen) atoms. The van der Waals surface area contributed by atoms with E-state index in [4.69, 9.17) is 10.8 Å². The fourth-order valence-corrected chi connectivity index (χ4v) is 1.87. The molecular formula is C11H17NOS. The molecule has 0 saturated carbocycles. The Morgan fingerprint density at radius 1 is 1.36 bits per heavy atom. The minimum atomic E-state index is 0.145. The summed E-state index contributed by atoms with van der Waals surface area (Å²) in [7, 11) is 0. The van der Waals surface area contributed by atoms with Gasteiger partial charge in [-0.3, -0.25) is 0 Å². The van der Waals surface area contributed by atoms with Gasteiger partial charge in [-0.05, 0) is 24.1 Å². The van der Waals surface area contributed by atoms with Crippen LogP contribution in [0.2, 0.25) is 0 Å². The lowest BCUT2D eigenvalue weighted by atomic mass is 10.1. The first-order valence-corrected chi connectivity index (χ1v) is 5.85. The van der Waals surface area contributed by atoms with E-state index in [0.29, 0.717) is 0 Å². The third-order valence-corrected chi connectivity index (χ3v) is 3.10. The average Bonchev–Trinajstić information content (AvgIpc) is 2.26. The Hall–Kier alpha value is -0.510. The molecule has 0 aliphatic carbocycles. The summed E-state index contributed by atoms with van der Waals surface area (Å²) in [5.41, 5.74) is 7.08. The van der Waals surface area contributed by atoms with E-state index in [2.05, 4.69) is 31.2 Å². The van der Waals surface area contributed by atoms with Crippen LogP contribution in [-0.4, -0.2) is 17.5 Å². The van der Waals surface area contributed by atoms with Crippen molar-refractivity contribution < 1.29 is 5.11 Å². The van der Waals surface area contributed by atoms with Gasteiger partial charge in [-0.25, -0.2) is 0 Å². The highest BCUT2D eigenvalue weighted by molar-refractivity contribution is 7.99. The molecule has 0 radical (unpaired) electrons. The lowest BCUT2D eigenvalue weighted by Gasteiger charge is -2.09. The molecule has 0 bridgehead atoms. The third-order valence-electron chi connectivity index (χ3n) is 2.11. The first-order chi connectivity index (χ1) is 6.77. The number of hydrogen-bond acceptors (Lipinski definition) is 3. The second kappa shape index (κ2) is 6.06. The van der Waals surface area contributed by atoms with Gasteiger partial charge in [-0.2, -0.15) is 0 Å². The predicted octanol–water partition coefficient (Wildman–Crippen LogP) is 2.18. The molecule has 0 aliphatic heterocycles. The van der Waals surface area contributed by atoms with Crippen LogP contribution in [0.25, 0.3) is 0 Å². The molecular weight excluding hydrogens is 194 g/mol. The molecule has 0 aromatic heterocycles. The zero-order valence-corrected chi connectivity index (χ0v) is 9.26. The molecule has 0 aliphatic rings. The Labute approximate surface area is 89.5 Å². The zero-order valence-electron chi connectivity index (χ0n) is 8.44. The van der Waals surface area contributed by atoms with Crippen LogP contribution in [0.1, 0.15) is 24.9 Å². The van der Waals surface area contributed by atoms with E-state index in [1.165, 1.54) is 10.5 Å². The second-order valence-electron chi connectivity index (χ2n) is 3.16. The SMILES string of the molecule is CC[C@H](N)c1ccc(SCCO)cc1. The fourth-order valence-electron chi connectivity index (χ4n) is 1.21. The predicted molar refractivity (Wildman–Crippen MR) is 61.5 cm³/mol. The zero-order chi connectivity index (χ0) is 10.4. The van der Waals surface area contributed by atoms with E-state index in [0.717, 1.165) is 12.2 Å². The van der Waals surface area contributed by atoms with Crippen LogP contribution in [0.5, 0.6) is 0 Å². The monoisotopic (exact) mass is 211 g/mol. The van der Waals surface area contributed by atoms with Gasteiger partial charge in [0.05, 0.1) is 6.61 Å². The summed E-state index contributed by atoms with van der Waals surface area (Å²) >= 11 is 1.66. The van der Waals surface area contributed by atoms with E-state index < -0.39 is 0 Å². The van der Waals surface area contributed by atoms with Crippen molar-refractivity contribution >= 4 is 11.8 Å². The van der Waals surface area contributed by atoms with Crippen LogP contribution in [0.3, 0.4) is 0 Å². The van der Waals surface area contributed by atoms with E-state index in [1.54, 1.807) is 11.8 Å². The first-order valence-electron chi connectivity index (χ1n) is 4.87. The van der Waals surface area contributed by atoms with Gasteiger partial charge in [-0.15, -0.1) is 11.8 Å². The minimum Gasteiger partial charge on any atom is -0.396 e. The topological polar surface area (TPSA) is 46.2 Å². The van der Waals surface area contributed by atoms with Crippen molar-refractivity contribution in [1.29, 1.82) is 0 Å². The van der Waals surface area contributed by atoms with E-state index in [9.17, 15) is 0 Å². The van der Waals surface area contributed by atoms with Gasteiger partial charge in [0.25, 0.3) is 0 Å². The highest BCUT2D eigenvalue weighted by atomic mass is 32.2. The largest absolute Gasteiger partial charge is 0.396 e. The fraction of sp³-hybridized carbons (Fsp3) is 0.455. The summed E-state index contributed by atoms with van der Waals surface area (Å²) in [5, 5.41) is 8.67. The van der Waals surface area contributed by atoms with Crippen LogP contribution >= 0.6 is 11.8 Å². The summed E-state index contributed by atoms with van der Waals surface area (Å²) in [6.45, 7) is 2.31. The first kappa shape index (κ1) is 11.6. The normalized spacial score (nSPS) is 12.8. The average molecular weight is 211 g/mol. The van der Waals surface area contributed by atoms with Crippen molar-refractivity contribution in [1.82, 2.24) is 0 Å². The molecule has 0 unspecified atom stereocenters. The number of nitrogens with two attached hydrogens (primary N) is 1. The number of hydrogen-bond donors (Lipinski definition) is 2. The van der Waals surface area contributed by atoms with E-state index in [-0.39, 0.29) is 12.6 Å². The molecule has 0 spiro atoms. The molecule has 0 heterocycles. The number of benzene rings is 1. The molecule has 78 valence electrons. The Morgan fingerprint density at radius 3 is 2.50 bits per heavy atom. The summed E-state index contributed by atoms with van der Waals surface area (Å²) in [6.07, 6.45) is 0.961. The minimum absolute atomic E-state index is 0.145. The summed E-state index contributed by atoms with van der Waals surface area (Å²) in [5.74, 6) is 0.749. The van der Waals surface area contributed by atoms with Crippen molar-refractivity contribution in [2.75, 3.05) is 12.4 Å². The van der Waals surface area contributed by atoms with Crippen LogP contribution < -0.4 is 5.73 Å². The van der Waals surface area contributed by atoms with Gasteiger partial charge in [0.2, 0.25) is 0 Å². The number of aliphatic hydroxyl groups is 1. The van der Waals surface area contributed by atoms with Crippen molar-refractivity contribution in [3.8, 4) is 0 Å². The maximum Gasteiger partial charge on any atom is 0.0525 e. The van der Waals surface area contributed by atoms with Crippen molar-refractivity contribution in [3.63, 3.8) is 0 Å². The van der Waals surface area contributed by atoms with E-state index in [1.807, 2.05) is 0 Å². The number of rotatable bonds is 5. The van der Waals surface area contributed by atoms with Crippen LogP contribution in [-0.2, 0) is 0 Å². The molecule has 1 aromatic carbocycles. The van der Waals surface area contributed by atoms with Gasteiger partial charge < -0.3 is 10.8 Å². The lowest BCUT2D eigenvalue weighted by Crippen LogP contribution is -2.07. The van der Waals surface area contributed by atoms with Gasteiger partial charge in [0, 0.05) is 16.7 Å². The van der Waals surface area contributed by atoms with Gasteiger partial charge in [-0.1, -0.05) is 19.1 Å². The Morgan fingerprint density at radius 2 is 2.00 bits per heavy atom. The highest BCUT2D eigenvalue weighted by Crippen LogP contribution is 2.20. The standard InChI is InChI=1S/C11H17NOS/c1-2-11(12)9-3-5-10(6-4-9)14-8-7-13/h3-6,11,13H,2,7-8,12H2,1H3/t11-/m0/s1. The van der Waals surface area contributed by atoms with Crippen molar-refractivity contribution in [3.05, 3.63) is 29.8 Å². The van der Waals surface area contributed by atoms with Crippen LogP contribution in [0, 0.1) is 0 Å². The van der Waals surface area contributed by atoms with Crippen LogP contribution in [0.15, 0.2) is 29.2 Å². The van der Waals surface area contributed by atoms with Gasteiger partial charge in [0.15, 0.2) is 0 Å². The molecule has 1 aromatic rings. The molecule has 1 rings (SSSR count). The summed E-state index contributed by atoms with van der Waals surface area (Å²) < 4.78 is 0. The lowest BCUT2D eigenvalue weighted by molar-refractivity contribution is 0.322. The molecule has 2 nitrogen and oxygen atoms in total. The van der Waals surface area contributed by atoms with Crippen molar-refractivity contribution in [2.24, 2.45) is 5.73 Å². The molecule has 0 saturated heterocycles. The molecule has 0 fully saturated rings. The quantitative estimate of drug-likeness (QED) is 0.734. The second-order valence-corrected chi connectivity index (χ2v) is 4.32. The molecule has 0 amide bonds. The van der Waals surface area contributed by atoms with Crippen LogP contribution in [0.4, 0.5) is 0 Å². The molecule has 3 N–H and O–H groups in total. The Bertz CT molecular complexity index is 260. The smallest absolute Gasteiger partial charge is 0.0525 e. The van der Waals surface area contributed by atoms with Gasteiger partial charge >= 0.3 is 0 Å². The third kappa shape index (κ3) is 3.33. The van der Waals surface area contributed by atoms with E-state index >= 15 is 0 Å².